The second-order valence-corrected chi connectivity index (χ2v) is 7.67. The first-order valence-electron chi connectivity index (χ1n) is 7.48. The van der Waals surface area contributed by atoms with Gasteiger partial charge >= 0.3 is 0 Å². The average molecular weight is 269 g/mol. The second-order valence-electron chi connectivity index (χ2n) is 6.52. The zero-order valence-electron chi connectivity index (χ0n) is 11.7. The molecule has 2 heterocycles. The summed E-state index contributed by atoms with van der Waals surface area (Å²) in [5.41, 5.74) is 0.642. The van der Waals surface area contributed by atoms with E-state index in [-0.39, 0.29) is 0 Å². The van der Waals surface area contributed by atoms with Crippen LogP contribution in [0, 0.1) is 5.41 Å². The molecule has 18 heavy (non-hydrogen) atoms. The fourth-order valence-corrected chi connectivity index (χ4v) is 4.29. The lowest BCUT2D eigenvalue weighted by atomic mass is 10.1. The summed E-state index contributed by atoms with van der Waals surface area (Å²) in [7, 11) is 2.24. The summed E-state index contributed by atoms with van der Waals surface area (Å²) in [6, 6.07) is 0.806. The van der Waals surface area contributed by atoms with Crippen molar-refractivity contribution in [2.75, 3.05) is 57.8 Å². The zero-order chi connectivity index (χ0) is 12.4. The molecule has 0 amide bonds. The lowest BCUT2D eigenvalue weighted by molar-refractivity contribution is 0.129. The van der Waals surface area contributed by atoms with Crippen molar-refractivity contribution in [3.05, 3.63) is 0 Å². The molecule has 1 aliphatic carbocycles. The van der Waals surface area contributed by atoms with Gasteiger partial charge in [0.2, 0.25) is 0 Å². The first-order valence-corrected chi connectivity index (χ1v) is 8.63. The van der Waals surface area contributed by atoms with Crippen LogP contribution in [0.3, 0.4) is 0 Å². The molecule has 0 radical (unpaired) electrons. The standard InChI is InChI=1S/C14H27N3S/c1-16-5-7-17(8-6-16)12-14(3-4-14)11-15-13-2-9-18-10-13/h13,15H,2-12H2,1H3/t13-/m0/s1. The molecule has 4 heteroatoms. The van der Waals surface area contributed by atoms with Gasteiger partial charge in [-0.1, -0.05) is 0 Å². The van der Waals surface area contributed by atoms with Gasteiger partial charge in [0.05, 0.1) is 0 Å². The number of hydrogen-bond acceptors (Lipinski definition) is 4. The highest BCUT2D eigenvalue weighted by Crippen LogP contribution is 2.46. The van der Waals surface area contributed by atoms with E-state index in [1.165, 1.54) is 70.0 Å². The average Bonchev–Trinajstić information content (AvgIpc) is 2.93. The molecule has 0 spiro atoms. The number of hydrogen-bond donors (Lipinski definition) is 1. The van der Waals surface area contributed by atoms with Crippen molar-refractivity contribution in [2.24, 2.45) is 5.41 Å². The van der Waals surface area contributed by atoms with Gasteiger partial charge in [-0.05, 0) is 37.5 Å². The summed E-state index contributed by atoms with van der Waals surface area (Å²) in [6.07, 6.45) is 4.29. The van der Waals surface area contributed by atoms with Crippen molar-refractivity contribution in [2.45, 2.75) is 25.3 Å². The quantitative estimate of drug-likeness (QED) is 0.805. The molecular formula is C14H27N3S. The Balaban J connectivity index is 1.40. The van der Waals surface area contributed by atoms with Crippen LogP contribution in [-0.4, -0.2) is 73.7 Å². The molecule has 3 nitrogen and oxygen atoms in total. The number of likely N-dealkylation sites (N-methyl/N-ethyl adjacent to an activating group) is 1. The molecule has 1 atom stereocenters. The van der Waals surface area contributed by atoms with Crippen LogP contribution in [0.5, 0.6) is 0 Å². The van der Waals surface area contributed by atoms with Gasteiger partial charge in [-0.15, -0.1) is 0 Å². The fourth-order valence-electron chi connectivity index (χ4n) is 3.10. The Hall–Kier alpha value is 0.230. The lowest BCUT2D eigenvalue weighted by Crippen LogP contribution is -2.48. The Morgan fingerprint density at radius 2 is 2.00 bits per heavy atom. The van der Waals surface area contributed by atoms with E-state index in [4.69, 9.17) is 0 Å². The van der Waals surface area contributed by atoms with Gasteiger partial charge in [0, 0.05) is 51.1 Å². The number of piperazine rings is 1. The van der Waals surface area contributed by atoms with Crippen LogP contribution < -0.4 is 5.32 Å². The fraction of sp³-hybridized carbons (Fsp3) is 1.00. The number of nitrogens with zero attached hydrogens (tertiary/aromatic N) is 2. The first-order chi connectivity index (χ1) is 8.76. The van der Waals surface area contributed by atoms with Crippen molar-refractivity contribution in [1.29, 1.82) is 0 Å². The summed E-state index contributed by atoms with van der Waals surface area (Å²) in [5, 5.41) is 3.82. The van der Waals surface area contributed by atoms with Crippen molar-refractivity contribution < 1.29 is 0 Å². The van der Waals surface area contributed by atoms with Gasteiger partial charge < -0.3 is 15.1 Å². The molecule has 2 saturated heterocycles. The lowest BCUT2D eigenvalue weighted by Gasteiger charge is -2.35. The van der Waals surface area contributed by atoms with Crippen LogP contribution in [0.25, 0.3) is 0 Å². The molecule has 1 saturated carbocycles. The van der Waals surface area contributed by atoms with Crippen molar-refractivity contribution in [1.82, 2.24) is 15.1 Å². The maximum Gasteiger partial charge on any atom is 0.0166 e. The van der Waals surface area contributed by atoms with E-state index in [9.17, 15) is 0 Å². The monoisotopic (exact) mass is 269 g/mol. The SMILES string of the molecule is CN1CCN(CC2(CN[C@H]3CCSC3)CC2)CC1. The van der Waals surface area contributed by atoms with Gasteiger partial charge in [-0.3, -0.25) is 0 Å². The maximum absolute atomic E-state index is 3.82. The molecule has 3 rings (SSSR count). The Kier molecular flexibility index (Phi) is 4.18. The zero-order valence-corrected chi connectivity index (χ0v) is 12.5. The molecular weight excluding hydrogens is 242 g/mol. The van der Waals surface area contributed by atoms with E-state index in [2.05, 4.69) is 33.9 Å². The minimum absolute atomic E-state index is 0.642. The molecule has 0 unspecified atom stereocenters. The largest absolute Gasteiger partial charge is 0.313 e. The number of nitrogens with one attached hydrogen (secondary N) is 1. The van der Waals surface area contributed by atoms with E-state index in [1.807, 2.05) is 0 Å². The maximum atomic E-state index is 3.82. The normalized spacial score (nSPS) is 32.8. The van der Waals surface area contributed by atoms with E-state index in [0.29, 0.717) is 5.41 Å². The van der Waals surface area contributed by atoms with Gasteiger partial charge in [0.25, 0.3) is 0 Å². The Morgan fingerprint density at radius 1 is 1.22 bits per heavy atom. The topological polar surface area (TPSA) is 18.5 Å². The molecule has 2 aliphatic heterocycles. The van der Waals surface area contributed by atoms with Gasteiger partial charge in [0.15, 0.2) is 0 Å². The smallest absolute Gasteiger partial charge is 0.0166 e. The van der Waals surface area contributed by atoms with E-state index < -0.39 is 0 Å². The molecule has 0 aromatic rings. The molecule has 0 aromatic heterocycles. The number of thioether (sulfide) groups is 1. The first kappa shape index (κ1) is 13.2. The van der Waals surface area contributed by atoms with Gasteiger partial charge in [0.1, 0.15) is 0 Å². The van der Waals surface area contributed by atoms with E-state index in [0.717, 1.165) is 6.04 Å². The molecule has 0 aromatic carbocycles. The van der Waals surface area contributed by atoms with Crippen molar-refractivity contribution >= 4 is 11.8 Å². The van der Waals surface area contributed by atoms with Gasteiger partial charge in [-0.25, -0.2) is 0 Å². The van der Waals surface area contributed by atoms with Crippen LogP contribution in [0.4, 0.5) is 0 Å². The van der Waals surface area contributed by atoms with E-state index >= 15 is 0 Å². The minimum Gasteiger partial charge on any atom is -0.313 e. The summed E-state index contributed by atoms with van der Waals surface area (Å²) < 4.78 is 0. The van der Waals surface area contributed by atoms with Gasteiger partial charge in [-0.2, -0.15) is 11.8 Å². The number of rotatable bonds is 5. The third-order valence-electron chi connectivity index (χ3n) is 4.81. The minimum atomic E-state index is 0.642. The predicted molar refractivity (Wildman–Crippen MR) is 79.3 cm³/mol. The molecule has 0 bridgehead atoms. The third-order valence-corrected chi connectivity index (χ3v) is 5.97. The third kappa shape index (κ3) is 3.41. The van der Waals surface area contributed by atoms with Crippen LogP contribution in [0.1, 0.15) is 19.3 Å². The Labute approximate surface area is 116 Å². The molecule has 104 valence electrons. The van der Waals surface area contributed by atoms with Crippen LogP contribution in [0.2, 0.25) is 0 Å². The van der Waals surface area contributed by atoms with Crippen LogP contribution in [0.15, 0.2) is 0 Å². The van der Waals surface area contributed by atoms with Crippen LogP contribution >= 0.6 is 11.8 Å². The summed E-state index contributed by atoms with van der Waals surface area (Å²) >= 11 is 2.11. The Morgan fingerprint density at radius 3 is 2.61 bits per heavy atom. The predicted octanol–water partition coefficient (Wildman–Crippen LogP) is 1.11. The van der Waals surface area contributed by atoms with Crippen LogP contribution in [-0.2, 0) is 0 Å². The highest BCUT2D eigenvalue weighted by Gasteiger charge is 2.44. The molecule has 3 aliphatic rings. The summed E-state index contributed by atoms with van der Waals surface area (Å²) in [5.74, 6) is 2.70. The summed E-state index contributed by atoms with van der Waals surface area (Å²) in [4.78, 5) is 5.14. The van der Waals surface area contributed by atoms with Crippen molar-refractivity contribution in [3.63, 3.8) is 0 Å². The van der Waals surface area contributed by atoms with Crippen molar-refractivity contribution in [3.8, 4) is 0 Å². The molecule has 3 fully saturated rings. The highest BCUT2D eigenvalue weighted by atomic mass is 32.2. The molecule has 1 N–H and O–H groups in total. The summed E-state index contributed by atoms with van der Waals surface area (Å²) in [6.45, 7) is 7.67. The second kappa shape index (κ2) is 5.70. The highest BCUT2D eigenvalue weighted by molar-refractivity contribution is 7.99. The Bertz CT molecular complexity index is 266. The van der Waals surface area contributed by atoms with E-state index in [1.54, 1.807) is 0 Å².